The molecular formula is C19H20BrN3O3. The van der Waals surface area contributed by atoms with Gasteiger partial charge in [0, 0.05) is 36.5 Å². The van der Waals surface area contributed by atoms with Gasteiger partial charge in [-0.15, -0.1) is 0 Å². The van der Waals surface area contributed by atoms with Crippen molar-refractivity contribution in [1.82, 2.24) is 15.2 Å². The van der Waals surface area contributed by atoms with Gasteiger partial charge in [0.05, 0.1) is 5.56 Å². The van der Waals surface area contributed by atoms with Crippen molar-refractivity contribution < 1.29 is 14.3 Å². The summed E-state index contributed by atoms with van der Waals surface area (Å²) in [7, 11) is 0. The second-order valence-electron chi connectivity index (χ2n) is 6.21. The zero-order valence-electron chi connectivity index (χ0n) is 14.2. The standard InChI is InChI=1S/C19H20BrN3O3/c20-16-10-15(12-21-13-16)18(24)22-11-14-6-8-23(9-7-14)19(25)26-17-4-2-1-3-5-17/h1-5,10,12-14H,6-9,11H2,(H,22,24). The molecule has 26 heavy (non-hydrogen) atoms. The van der Waals surface area contributed by atoms with E-state index in [0.717, 1.165) is 17.3 Å². The number of carbonyl (C=O) groups excluding carboxylic acids is 2. The van der Waals surface area contributed by atoms with E-state index in [4.69, 9.17) is 4.74 Å². The SMILES string of the molecule is O=C(NCC1CCN(C(=O)Oc2ccccc2)CC1)c1cncc(Br)c1. The number of aromatic nitrogens is 1. The van der Waals surface area contributed by atoms with Crippen LogP contribution in [0.5, 0.6) is 5.75 Å². The minimum atomic E-state index is -0.320. The third-order valence-electron chi connectivity index (χ3n) is 4.34. The molecule has 1 N–H and O–H groups in total. The number of para-hydroxylation sites is 1. The number of ether oxygens (including phenoxy) is 1. The van der Waals surface area contributed by atoms with Gasteiger partial charge in [0.25, 0.3) is 5.91 Å². The Balaban J connectivity index is 1.42. The van der Waals surface area contributed by atoms with Gasteiger partial charge in [-0.05, 0) is 52.9 Å². The molecule has 1 saturated heterocycles. The zero-order chi connectivity index (χ0) is 18.4. The Morgan fingerprint density at radius 1 is 1.19 bits per heavy atom. The van der Waals surface area contributed by atoms with Gasteiger partial charge in [-0.25, -0.2) is 4.79 Å². The number of piperidine rings is 1. The summed E-state index contributed by atoms with van der Waals surface area (Å²) >= 11 is 3.31. The van der Waals surface area contributed by atoms with Crippen LogP contribution in [0.15, 0.2) is 53.3 Å². The average molecular weight is 418 g/mol. The van der Waals surface area contributed by atoms with Crippen molar-refractivity contribution in [2.24, 2.45) is 5.92 Å². The second kappa shape index (κ2) is 8.80. The van der Waals surface area contributed by atoms with Crippen molar-refractivity contribution >= 4 is 27.9 Å². The molecule has 136 valence electrons. The number of nitrogens with zero attached hydrogens (tertiary/aromatic N) is 2. The summed E-state index contributed by atoms with van der Waals surface area (Å²) in [5, 5.41) is 2.95. The van der Waals surface area contributed by atoms with Crippen LogP contribution in [0.4, 0.5) is 4.79 Å². The van der Waals surface area contributed by atoms with Gasteiger partial charge >= 0.3 is 6.09 Å². The van der Waals surface area contributed by atoms with Crippen molar-refractivity contribution in [3.8, 4) is 5.75 Å². The molecule has 0 radical (unpaired) electrons. The first-order chi connectivity index (χ1) is 12.6. The van der Waals surface area contributed by atoms with E-state index in [1.807, 2.05) is 18.2 Å². The highest BCUT2D eigenvalue weighted by Gasteiger charge is 2.24. The molecule has 1 aromatic heterocycles. The average Bonchev–Trinajstić information content (AvgIpc) is 2.67. The second-order valence-corrected chi connectivity index (χ2v) is 7.13. The maximum absolute atomic E-state index is 12.2. The fraction of sp³-hybridized carbons (Fsp3) is 0.316. The number of pyridine rings is 1. The van der Waals surface area contributed by atoms with Crippen molar-refractivity contribution in [1.29, 1.82) is 0 Å². The summed E-state index contributed by atoms with van der Waals surface area (Å²) in [5.74, 6) is 0.763. The highest BCUT2D eigenvalue weighted by molar-refractivity contribution is 9.10. The largest absolute Gasteiger partial charge is 0.415 e. The van der Waals surface area contributed by atoms with Gasteiger partial charge in [0.2, 0.25) is 0 Å². The molecule has 2 amide bonds. The maximum atomic E-state index is 12.2. The smallest absolute Gasteiger partial charge is 0.410 e. The Labute approximate surface area is 160 Å². The minimum absolute atomic E-state index is 0.135. The van der Waals surface area contributed by atoms with Crippen LogP contribution < -0.4 is 10.1 Å². The highest BCUT2D eigenvalue weighted by Crippen LogP contribution is 2.19. The number of benzene rings is 1. The maximum Gasteiger partial charge on any atom is 0.415 e. The van der Waals surface area contributed by atoms with Crippen LogP contribution in [0, 0.1) is 5.92 Å². The Hall–Kier alpha value is -2.41. The zero-order valence-corrected chi connectivity index (χ0v) is 15.8. The van der Waals surface area contributed by atoms with Gasteiger partial charge in [-0.1, -0.05) is 18.2 Å². The van der Waals surface area contributed by atoms with Crippen LogP contribution >= 0.6 is 15.9 Å². The molecule has 1 aliphatic heterocycles. The lowest BCUT2D eigenvalue weighted by Gasteiger charge is -2.31. The first-order valence-corrected chi connectivity index (χ1v) is 9.31. The van der Waals surface area contributed by atoms with Gasteiger partial charge in [-0.3, -0.25) is 9.78 Å². The van der Waals surface area contributed by atoms with Crippen LogP contribution in [0.1, 0.15) is 23.2 Å². The van der Waals surface area contributed by atoms with E-state index in [2.05, 4.69) is 26.2 Å². The molecule has 0 bridgehead atoms. The normalized spacial score (nSPS) is 14.7. The Morgan fingerprint density at radius 2 is 1.92 bits per heavy atom. The molecule has 2 aromatic rings. The van der Waals surface area contributed by atoms with E-state index in [9.17, 15) is 9.59 Å². The quantitative estimate of drug-likeness (QED) is 0.826. The number of carbonyl (C=O) groups is 2. The van der Waals surface area contributed by atoms with Crippen LogP contribution in [0.3, 0.4) is 0 Å². The Morgan fingerprint density at radius 3 is 2.62 bits per heavy atom. The molecule has 0 aliphatic carbocycles. The molecule has 0 saturated carbocycles. The fourth-order valence-corrected chi connectivity index (χ4v) is 3.21. The van der Waals surface area contributed by atoms with Crippen molar-refractivity contribution in [3.63, 3.8) is 0 Å². The van der Waals surface area contributed by atoms with Crippen LogP contribution in [0.2, 0.25) is 0 Å². The molecule has 2 heterocycles. The predicted molar refractivity (Wildman–Crippen MR) is 101 cm³/mol. The highest BCUT2D eigenvalue weighted by atomic mass is 79.9. The molecule has 1 aliphatic rings. The summed E-state index contributed by atoms with van der Waals surface area (Å²) in [4.78, 5) is 30.0. The van der Waals surface area contributed by atoms with Gasteiger partial charge in [0.1, 0.15) is 5.75 Å². The first-order valence-electron chi connectivity index (χ1n) is 8.52. The third kappa shape index (κ3) is 5.05. The molecule has 0 unspecified atom stereocenters. The summed E-state index contributed by atoms with van der Waals surface area (Å²) in [6.45, 7) is 1.85. The molecule has 0 atom stereocenters. The van der Waals surface area contributed by atoms with E-state index in [1.54, 1.807) is 35.5 Å². The summed E-state index contributed by atoms with van der Waals surface area (Å²) in [6.07, 6.45) is 4.53. The number of halogens is 1. The number of amides is 2. The van der Waals surface area contributed by atoms with Crippen LogP contribution in [-0.4, -0.2) is 41.5 Å². The van der Waals surface area contributed by atoms with Crippen LogP contribution in [0.25, 0.3) is 0 Å². The molecule has 3 rings (SSSR count). The topological polar surface area (TPSA) is 71.5 Å². The summed E-state index contributed by atoms with van der Waals surface area (Å²) in [6, 6.07) is 10.8. The molecule has 1 fully saturated rings. The molecular weight excluding hydrogens is 398 g/mol. The van der Waals surface area contributed by atoms with Gasteiger partial charge in [-0.2, -0.15) is 0 Å². The van der Waals surface area contributed by atoms with Crippen molar-refractivity contribution in [2.75, 3.05) is 19.6 Å². The first kappa shape index (κ1) is 18.4. The third-order valence-corrected chi connectivity index (χ3v) is 4.77. The van der Waals surface area contributed by atoms with E-state index in [0.29, 0.717) is 36.9 Å². The summed E-state index contributed by atoms with van der Waals surface area (Å²) in [5.41, 5.74) is 0.531. The lowest BCUT2D eigenvalue weighted by Crippen LogP contribution is -2.42. The Bertz CT molecular complexity index is 762. The number of rotatable bonds is 4. The van der Waals surface area contributed by atoms with Gasteiger partial charge < -0.3 is 15.0 Å². The van der Waals surface area contributed by atoms with Gasteiger partial charge in [0.15, 0.2) is 0 Å². The molecule has 6 nitrogen and oxygen atoms in total. The lowest BCUT2D eigenvalue weighted by molar-refractivity contribution is 0.0931. The van der Waals surface area contributed by atoms with E-state index in [-0.39, 0.29) is 12.0 Å². The Kier molecular flexibility index (Phi) is 6.22. The molecule has 1 aromatic carbocycles. The summed E-state index contributed by atoms with van der Waals surface area (Å²) < 4.78 is 6.14. The predicted octanol–water partition coefficient (Wildman–Crippen LogP) is 3.48. The van der Waals surface area contributed by atoms with E-state index >= 15 is 0 Å². The minimum Gasteiger partial charge on any atom is -0.410 e. The monoisotopic (exact) mass is 417 g/mol. The fourth-order valence-electron chi connectivity index (χ4n) is 2.85. The van der Waals surface area contributed by atoms with Crippen LogP contribution in [-0.2, 0) is 0 Å². The van der Waals surface area contributed by atoms with Crippen molar-refractivity contribution in [2.45, 2.75) is 12.8 Å². The van der Waals surface area contributed by atoms with E-state index in [1.165, 1.54) is 0 Å². The molecule has 0 spiro atoms. The number of likely N-dealkylation sites (tertiary alicyclic amines) is 1. The number of nitrogens with one attached hydrogen (secondary N) is 1. The van der Waals surface area contributed by atoms with Crippen molar-refractivity contribution in [3.05, 3.63) is 58.8 Å². The lowest BCUT2D eigenvalue weighted by atomic mass is 9.97. The number of hydrogen-bond acceptors (Lipinski definition) is 4. The molecule has 7 heteroatoms. The van der Waals surface area contributed by atoms with E-state index < -0.39 is 0 Å². The number of hydrogen-bond donors (Lipinski definition) is 1.